The molecule has 2 aliphatic rings. The van der Waals surface area contributed by atoms with Gasteiger partial charge in [0, 0.05) is 35.9 Å². The van der Waals surface area contributed by atoms with Gasteiger partial charge in [0.05, 0.1) is 11.2 Å². The van der Waals surface area contributed by atoms with E-state index in [9.17, 15) is 9.90 Å². The molecule has 1 amide bonds. The number of hydrogen-bond acceptors (Lipinski definition) is 4. The van der Waals surface area contributed by atoms with E-state index in [0.29, 0.717) is 6.54 Å². The molecular formula is C21H33BN2O4. The van der Waals surface area contributed by atoms with E-state index in [1.807, 2.05) is 46.0 Å². The van der Waals surface area contributed by atoms with E-state index >= 15 is 0 Å². The van der Waals surface area contributed by atoms with Crippen LogP contribution >= 0.6 is 0 Å². The Kier molecular flexibility index (Phi) is 5.30. The van der Waals surface area contributed by atoms with Crippen LogP contribution in [0.4, 0.5) is 4.79 Å². The average molecular weight is 388 g/mol. The van der Waals surface area contributed by atoms with Crippen molar-refractivity contribution >= 4 is 18.7 Å². The van der Waals surface area contributed by atoms with Gasteiger partial charge < -0.3 is 19.3 Å². The van der Waals surface area contributed by atoms with Crippen molar-refractivity contribution < 1.29 is 19.2 Å². The third-order valence-corrected chi connectivity index (χ3v) is 6.60. The van der Waals surface area contributed by atoms with E-state index in [1.165, 1.54) is 0 Å². The topological polar surface area (TPSA) is 71.9 Å². The molecule has 2 saturated heterocycles. The molecule has 1 aromatic rings. The van der Waals surface area contributed by atoms with Gasteiger partial charge in [-0.2, -0.15) is 0 Å². The van der Waals surface area contributed by atoms with Gasteiger partial charge in [-0.3, -0.25) is 4.98 Å². The molecule has 0 spiro atoms. The van der Waals surface area contributed by atoms with Gasteiger partial charge in [-0.05, 0) is 52.0 Å². The van der Waals surface area contributed by atoms with Crippen molar-refractivity contribution in [1.29, 1.82) is 0 Å². The van der Waals surface area contributed by atoms with Crippen LogP contribution in [0.25, 0.3) is 0 Å². The van der Waals surface area contributed by atoms with Crippen LogP contribution in [0.2, 0.25) is 0 Å². The van der Waals surface area contributed by atoms with Gasteiger partial charge in [0.15, 0.2) is 0 Å². The first-order valence-electron chi connectivity index (χ1n) is 10.1. The van der Waals surface area contributed by atoms with Crippen LogP contribution in [-0.4, -0.2) is 52.0 Å². The first-order chi connectivity index (χ1) is 12.8. The van der Waals surface area contributed by atoms with Crippen molar-refractivity contribution in [3.05, 3.63) is 24.0 Å². The molecule has 6 nitrogen and oxygen atoms in total. The number of pyridine rings is 1. The van der Waals surface area contributed by atoms with E-state index in [-0.39, 0.29) is 28.6 Å². The number of nitrogens with zero attached hydrogens (tertiary/aromatic N) is 2. The molecule has 0 saturated carbocycles. The van der Waals surface area contributed by atoms with Gasteiger partial charge in [0.1, 0.15) is 0 Å². The number of hydrogen-bond donors (Lipinski definition) is 1. The highest BCUT2D eigenvalue weighted by Crippen LogP contribution is 2.39. The van der Waals surface area contributed by atoms with Crippen LogP contribution in [0.3, 0.4) is 0 Å². The summed E-state index contributed by atoms with van der Waals surface area (Å²) in [5.74, 6) is 0.257. The molecule has 1 N–H and O–H groups in total. The summed E-state index contributed by atoms with van der Waals surface area (Å²) < 4.78 is 12.2. The highest BCUT2D eigenvalue weighted by atomic mass is 16.7. The zero-order valence-electron chi connectivity index (χ0n) is 18.2. The minimum absolute atomic E-state index is 0.0201. The lowest BCUT2D eigenvalue weighted by molar-refractivity contribution is 0.00578. The van der Waals surface area contributed by atoms with E-state index in [4.69, 9.17) is 14.3 Å². The quantitative estimate of drug-likeness (QED) is 0.783. The minimum Gasteiger partial charge on any atom is -0.465 e. The van der Waals surface area contributed by atoms with Crippen molar-refractivity contribution in [2.45, 2.75) is 84.5 Å². The van der Waals surface area contributed by atoms with E-state index < -0.39 is 13.2 Å². The predicted molar refractivity (Wildman–Crippen MR) is 110 cm³/mol. The first kappa shape index (κ1) is 21.1. The number of carboxylic acid groups (broad SMARTS) is 1. The van der Waals surface area contributed by atoms with E-state index in [0.717, 1.165) is 24.0 Å². The van der Waals surface area contributed by atoms with Crippen LogP contribution in [0, 0.1) is 5.41 Å². The van der Waals surface area contributed by atoms with Gasteiger partial charge in [-0.1, -0.05) is 26.8 Å². The summed E-state index contributed by atoms with van der Waals surface area (Å²) in [5, 5.41) is 9.55. The van der Waals surface area contributed by atoms with Gasteiger partial charge in [-0.15, -0.1) is 0 Å². The van der Waals surface area contributed by atoms with Crippen LogP contribution in [0.15, 0.2) is 18.3 Å². The van der Waals surface area contributed by atoms with Crippen molar-refractivity contribution in [3.8, 4) is 0 Å². The predicted octanol–water partition coefficient (Wildman–Crippen LogP) is 3.65. The Labute approximate surface area is 168 Å². The molecule has 3 heterocycles. The maximum absolute atomic E-state index is 11.6. The Morgan fingerprint density at radius 1 is 1.21 bits per heavy atom. The minimum atomic E-state index is -0.831. The smallest absolute Gasteiger partial charge is 0.465 e. The molecular weight excluding hydrogens is 355 g/mol. The summed E-state index contributed by atoms with van der Waals surface area (Å²) >= 11 is 0. The zero-order chi connectivity index (χ0) is 20.9. The molecule has 0 aromatic carbocycles. The molecule has 0 aliphatic carbocycles. The van der Waals surface area contributed by atoms with E-state index in [1.54, 1.807) is 4.90 Å². The van der Waals surface area contributed by atoms with Gasteiger partial charge in [0.25, 0.3) is 0 Å². The molecule has 2 aliphatic heterocycles. The van der Waals surface area contributed by atoms with Crippen molar-refractivity contribution in [2.75, 3.05) is 6.54 Å². The summed E-state index contributed by atoms with van der Waals surface area (Å²) in [6, 6.07) is 4.05. The van der Waals surface area contributed by atoms with Gasteiger partial charge >= 0.3 is 13.2 Å². The second kappa shape index (κ2) is 7.03. The highest BCUT2D eigenvalue weighted by Gasteiger charge is 2.51. The normalized spacial score (nSPS) is 27.1. The summed E-state index contributed by atoms with van der Waals surface area (Å²) in [4.78, 5) is 17.9. The lowest BCUT2D eigenvalue weighted by Crippen LogP contribution is -2.51. The standard InChI is InChI=1S/C21H33BN2O4/c1-19(2,3)17-12-14(10-11-24(17)18(25)26)16-9-8-15(13-23-16)22-27-20(4,5)21(6,7)28-22/h8-9,13-14,17H,10-12H2,1-7H3,(H,25,26). The average Bonchev–Trinajstić information content (AvgIpc) is 2.81. The molecule has 2 fully saturated rings. The van der Waals surface area contributed by atoms with Gasteiger partial charge in [0.2, 0.25) is 0 Å². The molecule has 3 rings (SSSR count). The fourth-order valence-electron chi connectivity index (χ4n) is 4.06. The Morgan fingerprint density at radius 2 is 1.82 bits per heavy atom. The van der Waals surface area contributed by atoms with Crippen molar-refractivity contribution in [3.63, 3.8) is 0 Å². The molecule has 7 heteroatoms. The fraction of sp³-hybridized carbons (Fsp3) is 0.714. The number of piperidine rings is 1. The Hall–Kier alpha value is -1.60. The summed E-state index contributed by atoms with van der Waals surface area (Å²) in [6.45, 7) is 15.0. The fourth-order valence-corrected chi connectivity index (χ4v) is 4.06. The number of carbonyl (C=O) groups is 1. The molecule has 0 radical (unpaired) electrons. The third-order valence-electron chi connectivity index (χ3n) is 6.60. The maximum atomic E-state index is 11.6. The van der Waals surface area contributed by atoms with E-state index in [2.05, 4.69) is 20.8 Å². The second-order valence-electron chi connectivity index (χ2n) is 10.2. The monoisotopic (exact) mass is 388 g/mol. The Balaban J connectivity index is 1.75. The van der Waals surface area contributed by atoms with Crippen molar-refractivity contribution in [1.82, 2.24) is 9.88 Å². The maximum Gasteiger partial charge on any atom is 0.496 e. The van der Waals surface area contributed by atoms with Crippen LogP contribution in [-0.2, 0) is 9.31 Å². The molecule has 154 valence electrons. The molecule has 28 heavy (non-hydrogen) atoms. The SMILES string of the molecule is CC(C)(C)C1CC(c2ccc(B3OC(C)(C)C(C)(C)O3)cn2)CCN1C(=O)O. The van der Waals surface area contributed by atoms with Crippen LogP contribution < -0.4 is 5.46 Å². The summed E-state index contributed by atoms with van der Waals surface area (Å²) in [6.07, 6.45) is 2.59. The van der Waals surface area contributed by atoms with Gasteiger partial charge in [-0.25, -0.2) is 4.79 Å². The molecule has 0 bridgehead atoms. The molecule has 1 aromatic heterocycles. The first-order valence-corrected chi connectivity index (χ1v) is 10.1. The second-order valence-corrected chi connectivity index (χ2v) is 10.2. The lowest BCUT2D eigenvalue weighted by Gasteiger charge is -2.44. The lowest BCUT2D eigenvalue weighted by atomic mass is 9.75. The Morgan fingerprint density at radius 3 is 2.29 bits per heavy atom. The Bertz CT molecular complexity index is 711. The van der Waals surface area contributed by atoms with Crippen molar-refractivity contribution in [2.24, 2.45) is 5.41 Å². The summed E-state index contributed by atoms with van der Waals surface area (Å²) in [5.41, 5.74) is 1.07. The molecule has 2 atom stereocenters. The largest absolute Gasteiger partial charge is 0.496 e. The number of rotatable bonds is 2. The third kappa shape index (κ3) is 3.92. The number of amides is 1. The van der Waals surface area contributed by atoms with Crippen LogP contribution in [0.5, 0.6) is 0 Å². The number of aromatic nitrogens is 1. The summed E-state index contributed by atoms with van der Waals surface area (Å²) in [7, 11) is -0.414. The number of likely N-dealkylation sites (tertiary alicyclic amines) is 1. The highest BCUT2D eigenvalue weighted by molar-refractivity contribution is 6.62. The van der Waals surface area contributed by atoms with Crippen LogP contribution in [0.1, 0.15) is 72.9 Å². The molecule has 2 unspecified atom stereocenters. The zero-order valence-corrected chi connectivity index (χ0v) is 18.2.